The summed E-state index contributed by atoms with van der Waals surface area (Å²) >= 11 is 1.47. The topological polar surface area (TPSA) is 41.9 Å². The first-order valence-corrected chi connectivity index (χ1v) is 9.62. The molecule has 4 rings (SSSR count). The van der Waals surface area contributed by atoms with E-state index in [2.05, 4.69) is 34.2 Å². The van der Waals surface area contributed by atoms with Gasteiger partial charge < -0.3 is 9.64 Å². The van der Waals surface area contributed by atoms with Crippen LogP contribution in [0.15, 0.2) is 58.4 Å². The van der Waals surface area contributed by atoms with E-state index >= 15 is 0 Å². The Morgan fingerprint density at radius 1 is 1.15 bits per heavy atom. The second-order valence-corrected chi connectivity index (χ2v) is 7.26. The van der Waals surface area contributed by atoms with Crippen LogP contribution in [0.5, 0.6) is 5.75 Å². The zero-order valence-electron chi connectivity index (χ0n) is 14.6. The van der Waals surface area contributed by atoms with Crippen LogP contribution in [0, 0.1) is 0 Å². The molecule has 0 bridgehead atoms. The van der Waals surface area contributed by atoms with Gasteiger partial charge in [0, 0.05) is 13.1 Å². The molecule has 2 heterocycles. The molecule has 0 N–H and O–H groups in total. The molecule has 2 aliphatic heterocycles. The van der Waals surface area contributed by atoms with E-state index in [-0.39, 0.29) is 5.91 Å². The summed E-state index contributed by atoms with van der Waals surface area (Å²) < 4.78 is 5.45. The number of hydrogen-bond acceptors (Lipinski definition) is 4. The highest BCUT2D eigenvalue weighted by atomic mass is 32.2. The Morgan fingerprint density at radius 2 is 1.92 bits per heavy atom. The number of amidine groups is 1. The maximum Gasteiger partial charge on any atom is 0.286 e. The lowest BCUT2D eigenvalue weighted by molar-refractivity contribution is -0.113. The highest BCUT2D eigenvalue weighted by molar-refractivity contribution is 8.18. The molecule has 2 aliphatic rings. The summed E-state index contributed by atoms with van der Waals surface area (Å²) in [5, 5.41) is 0.807. The molecular weight excluding hydrogens is 344 g/mol. The maximum atomic E-state index is 12.3. The first-order valence-electron chi connectivity index (χ1n) is 8.80. The number of carbonyl (C=O) groups excluding carboxylic acids is 1. The van der Waals surface area contributed by atoms with E-state index in [1.807, 2.05) is 37.3 Å². The van der Waals surface area contributed by atoms with Gasteiger partial charge in [-0.3, -0.25) is 4.79 Å². The van der Waals surface area contributed by atoms with E-state index in [0.717, 1.165) is 36.0 Å². The largest absolute Gasteiger partial charge is 0.494 e. The van der Waals surface area contributed by atoms with Crippen LogP contribution >= 0.6 is 11.8 Å². The monoisotopic (exact) mass is 364 g/mol. The molecular formula is C21H20N2O2S. The first-order chi connectivity index (χ1) is 12.7. The summed E-state index contributed by atoms with van der Waals surface area (Å²) in [6, 6.07) is 16.2. The standard InChI is InChI=1S/C21H20N2O2S/c1-2-25-18-9-7-15(8-10-18)13-19-20(24)22-21(26-19)23-12-11-16-5-3-4-6-17(16)14-23/h3-10,13H,2,11-12,14H2,1H3/b19-13+. The summed E-state index contributed by atoms with van der Waals surface area (Å²) in [7, 11) is 0. The number of carbonyl (C=O) groups is 1. The van der Waals surface area contributed by atoms with Crippen molar-refractivity contribution in [3.8, 4) is 5.75 Å². The Labute approximate surface area is 157 Å². The number of hydrogen-bond donors (Lipinski definition) is 0. The van der Waals surface area contributed by atoms with Crippen molar-refractivity contribution in [2.24, 2.45) is 4.99 Å². The number of aliphatic imine (C=N–C) groups is 1. The van der Waals surface area contributed by atoms with Gasteiger partial charge in [-0.1, -0.05) is 36.4 Å². The van der Waals surface area contributed by atoms with Crippen LogP contribution in [0.25, 0.3) is 6.08 Å². The normalized spacial score (nSPS) is 18.0. The number of rotatable bonds is 3. The quantitative estimate of drug-likeness (QED) is 0.769. The smallest absolute Gasteiger partial charge is 0.286 e. The lowest BCUT2D eigenvalue weighted by Gasteiger charge is -2.29. The molecule has 26 heavy (non-hydrogen) atoms. The molecule has 4 nitrogen and oxygen atoms in total. The minimum Gasteiger partial charge on any atom is -0.494 e. The molecule has 0 spiro atoms. The van der Waals surface area contributed by atoms with Crippen molar-refractivity contribution < 1.29 is 9.53 Å². The lowest BCUT2D eigenvalue weighted by Crippen LogP contribution is -2.33. The minimum absolute atomic E-state index is 0.155. The fourth-order valence-corrected chi connectivity index (χ4v) is 4.11. The van der Waals surface area contributed by atoms with Gasteiger partial charge in [0.05, 0.1) is 11.5 Å². The van der Waals surface area contributed by atoms with Crippen LogP contribution in [0.4, 0.5) is 0 Å². The molecule has 0 saturated heterocycles. The maximum absolute atomic E-state index is 12.3. The van der Waals surface area contributed by atoms with Crippen LogP contribution in [-0.4, -0.2) is 29.1 Å². The molecule has 5 heteroatoms. The first kappa shape index (κ1) is 16.9. The molecule has 2 aromatic rings. The predicted molar refractivity (Wildman–Crippen MR) is 106 cm³/mol. The molecule has 132 valence electrons. The summed E-state index contributed by atoms with van der Waals surface area (Å²) in [4.78, 5) is 19.5. The number of fused-ring (bicyclic) bond motifs is 1. The van der Waals surface area contributed by atoms with Gasteiger partial charge in [-0.2, -0.15) is 4.99 Å². The molecule has 0 saturated carbocycles. The number of nitrogens with zero attached hydrogens (tertiary/aromatic N) is 2. The van der Waals surface area contributed by atoms with Gasteiger partial charge in [-0.25, -0.2) is 0 Å². The van der Waals surface area contributed by atoms with Crippen LogP contribution in [0.1, 0.15) is 23.6 Å². The third-order valence-electron chi connectivity index (χ3n) is 4.50. The number of benzene rings is 2. The average molecular weight is 364 g/mol. The van der Waals surface area contributed by atoms with Crippen molar-refractivity contribution >= 4 is 28.9 Å². The molecule has 0 aliphatic carbocycles. The highest BCUT2D eigenvalue weighted by Crippen LogP contribution is 2.32. The van der Waals surface area contributed by atoms with E-state index in [1.165, 1.54) is 22.9 Å². The second kappa shape index (κ2) is 7.38. The zero-order chi connectivity index (χ0) is 17.9. The predicted octanol–water partition coefficient (Wildman–Crippen LogP) is 4.11. The van der Waals surface area contributed by atoms with Crippen LogP contribution in [0.2, 0.25) is 0 Å². The molecule has 0 atom stereocenters. The molecule has 0 unspecified atom stereocenters. The van der Waals surface area contributed by atoms with Gasteiger partial charge in [0.2, 0.25) is 0 Å². The fraction of sp³-hybridized carbons (Fsp3) is 0.238. The van der Waals surface area contributed by atoms with Gasteiger partial charge in [0.15, 0.2) is 5.17 Å². The van der Waals surface area contributed by atoms with Gasteiger partial charge in [0.25, 0.3) is 5.91 Å². The molecule has 0 radical (unpaired) electrons. The van der Waals surface area contributed by atoms with Gasteiger partial charge in [-0.05, 0) is 60.0 Å². The Hall–Kier alpha value is -2.53. The molecule has 0 fully saturated rings. The van der Waals surface area contributed by atoms with Crippen LogP contribution < -0.4 is 4.74 Å². The van der Waals surface area contributed by atoms with E-state index in [0.29, 0.717) is 11.5 Å². The summed E-state index contributed by atoms with van der Waals surface area (Å²) in [6.45, 7) is 4.31. The third-order valence-corrected chi connectivity index (χ3v) is 5.54. The fourth-order valence-electron chi connectivity index (χ4n) is 3.17. The Kier molecular flexibility index (Phi) is 4.80. The van der Waals surface area contributed by atoms with E-state index in [9.17, 15) is 4.79 Å². The van der Waals surface area contributed by atoms with Crippen molar-refractivity contribution in [2.45, 2.75) is 19.9 Å². The van der Waals surface area contributed by atoms with Crippen LogP contribution in [0.3, 0.4) is 0 Å². The van der Waals surface area contributed by atoms with Crippen molar-refractivity contribution in [2.75, 3.05) is 13.2 Å². The molecule has 2 aromatic carbocycles. The molecule has 0 aromatic heterocycles. The lowest BCUT2D eigenvalue weighted by atomic mass is 10.0. The molecule has 1 amide bonds. The Morgan fingerprint density at radius 3 is 2.69 bits per heavy atom. The second-order valence-electron chi connectivity index (χ2n) is 6.25. The van der Waals surface area contributed by atoms with Crippen LogP contribution in [-0.2, 0) is 17.8 Å². The van der Waals surface area contributed by atoms with Crippen molar-refractivity contribution in [1.29, 1.82) is 0 Å². The van der Waals surface area contributed by atoms with Gasteiger partial charge >= 0.3 is 0 Å². The van der Waals surface area contributed by atoms with E-state index < -0.39 is 0 Å². The average Bonchev–Trinajstić information content (AvgIpc) is 3.04. The van der Waals surface area contributed by atoms with Crippen molar-refractivity contribution in [3.63, 3.8) is 0 Å². The minimum atomic E-state index is -0.155. The number of thioether (sulfide) groups is 1. The number of ether oxygens (including phenoxy) is 1. The highest BCUT2D eigenvalue weighted by Gasteiger charge is 2.28. The van der Waals surface area contributed by atoms with Gasteiger partial charge in [-0.15, -0.1) is 0 Å². The third kappa shape index (κ3) is 3.53. The summed E-state index contributed by atoms with van der Waals surface area (Å²) in [6.07, 6.45) is 2.89. The van der Waals surface area contributed by atoms with Crippen molar-refractivity contribution in [1.82, 2.24) is 4.90 Å². The summed E-state index contributed by atoms with van der Waals surface area (Å²) in [5.74, 6) is 0.682. The van der Waals surface area contributed by atoms with E-state index in [4.69, 9.17) is 4.74 Å². The Bertz CT molecular complexity index is 887. The van der Waals surface area contributed by atoms with E-state index in [1.54, 1.807) is 0 Å². The zero-order valence-corrected chi connectivity index (χ0v) is 15.5. The van der Waals surface area contributed by atoms with Gasteiger partial charge in [0.1, 0.15) is 5.75 Å². The van der Waals surface area contributed by atoms with Crippen molar-refractivity contribution in [3.05, 3.63) is 70.1 Å². The summed E-state index contributed by atoms with van der Waals surface area (Å²) in [5.41, 5.74) is 3.69. The SMILES string of the molecule is CCOc1ccc(/C=C2/SC(N3CCc4ccccc4C3)=NC2=O)cc1. The Balaban J connectivity index is 1.47. The number of amides is 1.